The third kappa shape index (κ3) is 7.88. The molecule has 3 N–H and O–H groups in total. The Labute approximate surface area is 183 Å². The molecule has 2 rings (SSSR count). The lowest BCUT2D eigenvalue weighted by molar-refractivity contribution is -0.118. The molecule has 1 aromatic carbocycles. The molecule has 0 aliphatic heterocycles. The van der Waals surface area contributed by atoms with Crippen molar-refractivity contribution >= 4 is 52.9 Å². The summed E-state index contributed by atoms with van der Waals surface area (Å²) in [6.07, 6.45) is 1.07. The highest BCUT2D eigenvalue weighted by Crippen LogP contribution is 2.16. The predicted molar refractivity (Wildman–Crippen MR) is 126 cm³/mol. The second kappa shape index (κ2) is 12.0. The summed E-state index contributed by atoms with van der Waals surface area (Å²) in [4.78, 5) is 18.7. The van der Waals surface area contributed by atoms with Crippen molar-refractivity contribution in [2.75, 3.05) is 12.4 Å². The van der Waals surface area contributed by atoms with Crippen molar-refractivity contribution in [1.29, 1.82) is 0 Å². The number of nitrogens with zero attached hydrogens (tertiary/aromatic N) is 1. The van der Waals surface area contributed by atoms with Crippen molar-refractivity contribution in [1.82, 2.24) is 10.6 Å². The number of guanidine groups is 1. The van der Waals surface area contributed by atoms with Gasteiger partial charge in [-0.3, -0.25) is 9.79 Å². The lowest BCUT2D eigenvalue weighted by atomic mass is 10.1. The molecule has 1 heterocycles. The first-order valence-corrected chi connectivity index (χ1v) is 9.75. The summed E-state index contributed by atoms with van der Waals surface area (Å²) in [5.41, 5.74) is 1.94. The van der Waals surface area contributed by atoms with Crippen molar-refractivity contribution in [3.8, 4) is 0 Å². The first-order chi connectivity index (χ1) is 12.5. The number of nitrogens with one attached hydrogen (secondary N) is 3. The minimum Gasteiger partial charge on any atom is -0.352 e. The molecule has 0 saturated heterocycles. The predicted octanol–water partition coefficient (Wildman–Crippen LogP) is 4.39. The van der Waals surface area contributed by atoms with E-state index >= 15 is 0 Å². The number of carbonyl (C=O) groups excluding carboxylic acids is 1. The zero-order valence-electron chi connectivity index (χ0n) is 16.3. The minimum atomic E-state index is -0.0255. The van der Waals surface area contributed by atoms with Crippen LogP contribution in [0.4, 0.5) is 5.69 Å². The number of benzene rings is 1. The molecule has 0 radical (unpaired) electrons. The first kappa shape index (κ1) is 23.4. The van der Waals surface area contributed by atoms with Crippen molar-refractivity contribution in [2.24, 2.45) is 10.9 Å². The van der Waals surface area contributed by atoms with Crippen LogP contribution in [0.1, 0.15) is 36.1 Å². The van der Waals surface area contributed by atoms with Gasteiger partial charge < -0.3 is 16.0 Å². The molecule has 2 aromatic rings. The summed E-state index contributed by atoms with van der Waals surface area (Å²) in [6, 6.07) is 12.2. The number of thiophene rings is 1. The Morgan fingerprint density at radius 3 is 2.22 bits per heavy atom. The Morgan fingerprint density at radius 1 is 1.04 bits per heavy atom. The van der Waals surface area contributed by atoms with E-state index in [1.807, 2.05) is 49.4 Å². The van der Waals surface area contributed by atoms with Crippen molar-refractivity contribution in [3.05, 3.63) is 51.7 Å². The Morgan fingerprint density at radius 2 is 1.67 bits per heavy atom. The Kier molecular flexibility index (Phi) is 10.4. The van der Waals surface area contributed by atoms with E-state index in [1.54, 1.807) is 7.05 Å². The van der Waals surface area contributed by atoms with Gasteiger partial charge in [-0.2, -0.15) is 0 Å². The zero-order chi connectivity index (χ0) is 18.9. The molecular weight excluding hydrogens is 471 g/mol. The summed E-state index contributed by atoms with van der Waals surface area (Å²) >= 11 is 1.83. The van der Waals surface area contributed by atoms with Gasteiger partial charge in [0.25, 0.3) is 0 Å². The smallest absolute Gasteiger partial charge is 0.226 e. The molecule has 0 unspecified atom stereocenters. The van der Waals surface area contributed by atoms with E-state index in [1.165, 1.54) is 9.75 Å². The Balaban J connectivity index is 0.00000364. The van der Waals surface area contributed by atoms with Crippen LogP contribution in [0.15, 0.2) is 41.4 Å². The van der Waals surface area contributed by atoms with Gasteiger partial charge in [-0.05, 0) is 36.2 Å². The number of rotatable bonds is 7. The average Bonchev–Trinajstić information content (AvgIpc) is 3.11. The molecule has 148 valence electrons. The molecule has 0 atom stereocenters. The van der Waals surface area contributed by atoms with Crippen molar-refractivity contribution in [2.45, 2.75) is 40.3 Å². The maximum atomic E-state index is 11.7. The molecule has 0 fully saturated rings. The molecule has 0 aliphatic carbocycles. The third-order valence-electron chi connectivity index (χ3n) is 3.93. The molecule has 0 saturated carbocycles. The highest BCUT2D eigenvalue weighted by Gasteiger charge is 2.07. The van der Waals surface area contributed by atoms with Crippen LogP contribution >= 0.6 is 35.3 Å². The lowest BCUT2D eigenvalue weighted by Gasteiger charge is -2.12. The van der Waals surface area contributed by atoms with Gasteiger partial charge in [0.1, 0.15) is 0 Å². The number of anilines is 1. The number of aliphatic imine (C=N–C) groups is 1. The summed E-state index contributed by atoms with van der Waals surface area (Å²) < 4.78 is 0. The molecule has 1 amide bonds. The maximum Gasteiger partial charge on any atom is 0.226 e. The van der Waals surface area contributed by atoms with Crippen LogP contribution in [-0.4, -0.2) is 18.9 Å². The number of carbonyl (C=O) groups is 1. The number of aryl methyl sites for hydroxylation is 1. The molecule has 27 heavy (non-hydrogen) atoms. The number of amides is 1. The van der Waals surface area contributed by atoms with Crippen LogP contribution in [-0.2, 0) is 24.3 Å². The second-order valence-corrected chi connectivity index (χ2v) is 7.59. The second-order valence-electron chi connectivity index (χ2n) is 6.34. The van der Waals surface area contributed by atoms with Crippen LogP contribution in [0, 0.1) is 5.92 Å². The number of halogens is 1. The fourth-order valence-electron chi connectivity index (χ4n) is 2.28. The molecule has 5 nitrogen and oxygen atoms in total. The fraction of sp³-hybridized carbons (Fsp3) is 0.400. The van der Waals surface area contributed by atoms with Crippen LogP contribution in [0.5, 0.6) is 0 Å². The van der Waals surface area contributed by atoms with Gasteiger partial charge in [0.05, 0.1) is 6.54 Å². The largest absolute Gasteiger partial charge is 0.352 e. The zero-order valence-corrected chi connectivity index (χ0v) is 19.5. The van der Waals surface area contributed by atoms with Crippen LogP contribution in [0.2, 0.25) is 0 Å². The van der Waals surface area contributed by atoms with E-state index < -0.39 is 0 Å². The van der Waals surface area contributed by atoms with Crippen LogP contribution in [0.25, 0.3) is 0 Å². The summed E-state index contributed by atoms with van der Waals surface area (Å²) in [7, 11) is 1.77. The van der Waals surface area contributed by atoms with Gasteiger partial charge in [0.2, 0.25) is 5.91 Å². The molecule has 0 aliphatic rings. The van der Waals surface area contributed by atoms with Crippen LogP contribution in [0.3, 0.4) is 0 Å². The number of hydrogen-bond donors (Lipinski definition) is 3. The van der Waals surface area contributed by atoms with Gasteiger partial charge in [-0.15, -0.1) is 35.3 Å². The standard InChI is InChI=1S/C20H28N4OS.HI/c1-5-17-10-11-18(26-17)13-23-20(21-4)22-12-15-6-8-16(9-7-15)24-19(25)14(2)3;/h6-11,14H,5,12-13H2,1-4H3,(H,24,25)(H2,21,22,23);1H. The average molecular weight is 500 g/mol. The highest BCUT2D eigenvalue weighted by molar-refractivity contribution is 14.0. The summed E-state index contributed by atoms with van der Waals surface area (Å²) in [5, 5.41) is 9.54. The number of hydrogen-bond acceptors (Lipinski definition) is 3. The molecular formula is C20H29IN4OS. The minimum absolute atomic E-state index is 0. The van der Waals surface area contributed by atoms with Crippen molar-refractivity contribution < 1.29 is 4.79 Å². The topological polar surface area (TPSA) is 65.5 Å². The van der Waals surface area contributed by atoms with Gasteiger partial charge in [-0.1, -0.05) is 32.9 Å². The highest BCUT2D eigenvalue weighted by atomic mass is 127. The quantitative estimate of drug-likeness (QED) is 0.300. The first-order valence-electron chi connectivity index (χ1n) is 8.93. The van der Waals surface area contributed by atoms with Crippen molar-refractivity contribution in [3.63, 3.8) is 0 Å². The van der Waals surface area contributed by atoms with E-state index in [-0.39, 0.29) is 35.8 Å². The summed E-state index contributed by atoms with van der Waals surface area (Å²) in [5.74, 6) is 0.774. The molecule has 0 bridgehead atoms. The van der Waals surface area contributed by atoms with E-state index in [2.05, 4.69) is 40.0 Å². The maximum absolute atomic E-state index is 11.7. The van der Waals surface area contributed by atoms with Gasteiger partial charge in [-0.25, -0.2) is 0 Å². The monoisotopic (exact) mass is 500 g/mol. The van der Waals surface area contributed by atoms with E-state index in [0.29, 0.717) is 6.54 Å². The fourth-order valence-corrected chi connectivity index (χ4v) is 3.17. The van der Waals surface area contributed by atoms with E-state index in [0.717, 1.165) is 30.2 Å². The van der Waals surface area contributed by atoms with Gasteiger partial charge in [0.15, 0.2) is 5.96 Å². The molecule has 7 heteroatoms. The Hall–Kier alpha value is -1.61. The lowest BCUT2D eigenvalue weighted by Crippen LogP contribution is -2.36. The van der Waals surface area contributed by atoms with E-state index in [4.69, 9.17) is 0 Å². The Bertz CT molecular complexity index is 741. The van der Waals surface area contributed by atoms with E-state index in [9.17, 15) is 4.79 Å². The van der Waals surface area contributed by atoms with Crippen LogP contribution < -0.4 is 16.0 Å². The summed E-state index contributed by atoms with van der Waals surface area (Å²) in [6.45, 7) is 7.37. The molecule has 0 spiro atoms. The normalized spacial score (nSPS) is 11.1. The van der Waals surface area contributed by atoms with Gasteiger partial charge in [0, 0.05) is 35.0 Å². The SMILES string of the molecule is CCc1ccc(CNC(=NC)NCc2ccc(NC(=O)C(C)C)cc2)s1.I. The van der Waals surface area contributed by atoms with Gasteiger partial charge >= 0.3 is 0 Å². The third-order valence-corrected chi connectivity index (χ3v) is 5.15. The molecule has 1 aromatic heterocycles.